The summed E-state index contributed by atoms with van der Waals surface area (Å²) in [6.45, 7) is 2.68. The van der Waals surface area contributed by atoms with E-state index in [2.05, 4.69) is 9.97 Å². The van der Waals surface area contributed by atoms with Crippen molar-refractivity contribution in [3.05, 3.63) is 24.3 Å². The molecule has 0 radical (unpaired) electrons. The minimum atomic E-state index is -0.201. The standard InChI is InChI=1S/C13H17N3O3/c1-18-7-10-2-5-19-13(10)8-16(9-13)12(17)11-6-14-3-4-15-11/h3-4,6,10H,2,5,7-9H2,1H3. The molecule has 0 saturated carbocycles. The molecule has 0 aliphatic carbocycles. The Kier molecular flexibility index (Phi) is 3.20. The van der Waals surface area contributed by atoms with Crippen molar-refractivity contribution in [1.29, 1.82) is 0 Å². The summed E-state index contributed by atoms with van der Waals surface area (Å²) in [6, 6.07) is 0. The topological polar surface area (TPSA) is 64.6 Å². The van der Waals surface area contributed by atoms with Gasteiger partial charge in [0, 0.05) is 32.0 Å². The number of aromatic nitrogens is 2. The fraction of sp³-hybridized carbons (Fsp3) is 0.615. The monoisotopic (exact) mass is 263 g/mol. The van der Waals surface area contributed by atoms with Crippen molar-refractivity contribution < 1.29 is 14.3 Å². The largest absolute Gasteiger partial charge is 0.384 e. The van der Waals surface area contributed by atoms with Crippen molar-refractivity contribution in [3.63, 3.8) is 0 Å². The lowest BCUT2D eigenvalue weighted by atomic mass is 9.81. The summed E-state index contributed by atoms with van der Waals surface area (Å²) in [4.78, 5) is 21.9. The van der Waals surface area contributed by atoms with Crippen LogP contribution < -0.4 is 0 Å². The van der Waals surface area contributed by atoms with Crippen LogP contribution in [0, 0.1) is 5.92 Å². The second kappa shape index (κ2) is 4.86. The van der Waals surface area contributed by atoms with Crippen LogP contribution in [0.3, 0.4) is 0 Å². The average molecular weight is 263 g/mol. The van der Waals surface area contributed by atoms with Crippen LogP contribution in [0.4, 0.5) is 0 Å². The fourth-order valence-electron chi connectivity index (χ4n) is 2.89. The van der Waals surface area contributed by atoms with Crippen molar-refractivity contribution in [2.75, 3.05) is 33.4 Å². The lowest BCUT2D eigenvalue weighted by Gasteiger charge is -2.49. The highest BCUT2D eigenvalue weighted by Crippen LogP contribution is 2.40. The molecule has 1 amide bonds. The van der Waals surface area contributed by atoms with Crippen molar-refractivity contribution >= 4 is 5.91 Å². The summed E-state index contributed by atoms with van der Waals surface area (Å²) in [5.74, 6) is 0.300. The van der Waals surface area contributed by atoms with Gasteiger partial charge in [-0.2, -0.15) is 0 Å². The molecule has 0 N–H and O–H groups in total. The maximum absolute atomic E-state index is 12.2. The molecule has 2 fully saturated rings. The Morgan fingerprint density at radius 1 is 1.58 bits per heavy atom. The molecular formula is C13H17N3O3. The summed E-state index contributed by atoms with van der Waals surface area (Å²) < 4.78 is 11.1. The van der Waals surface area contributed by atoms with Crippen molar-refractivity contribution in [2.24, 2.45) is 5.92 Å². The van der Waals surface area contributed by atoms with E-state index >= 15 is 0 Å². The Bertz CT molecular complexity index is 459. The van der Waals surface area contributed by atoms with Gasteiger partial charge in [0.15, 0.2) is 0 Å². The molecule has 102 valence electrons. The van der Waals surface area contributed by atoms with Crippen LogP contribution in [0.5, 0.6) is 0 Å². The van der Waals surface area contributed by atoms with E-state index in [1.807, 2.05) is 0 Å². The molecule has 1 spiro atoms. The number of ether oxygens (including phenoxy) is 2. The van der Waals surface area contributed by atoms with Crippen molar-refractivity contribution in [1.82, 2.24) is 14.9 Å². The predicted molar refractivity (Wildman–Crippen MR) is 66.6 cm³/mol. The highest BCUT2D eigenvalue weighted by molar-refractivity contribution is 5.92. The number of carbonyl (C=O) groups excluding carboxylic acids is 1. The number of likely N-dealkylation sites (tertiary alicyclic amines) is 1. The first-order valence-corrected chi connectivity index (χ1v) is 6.43. The Labute approximate surface area is 111 Å². The Morgan fingerprint density at radius 3 is 3.11 bits per heavy atom. The molecule has 6 nitrogen and oxygen atoms in total. The number of nitrogens with zero attached hydrogens (tertiary/aromatic N) is 3. The van der Waals surface area contributed by atoms with Gasteiger partial charge in [0.05, 0.1) is 25.9 Å². The predicted octanol–water partition coefficient (Wildman–Crippen LogP) is 0.354. The summed E-state index contributed by atoms with van der Waals surface area (Å²) in [5.41, 5.74) is 0.187. The molecular weight excluding hydrogens is 246 g/mol. The first-order valence-electron chi connectivity index (χ1n) is 6.43. The van der Waals surface area contributed by atoms with Crippen LogP contribution in [0.25, 0.3) is 0 Å². The first-order chi connectivity index (χ1) is 9.25. The number of amides is 1. The molecule has 1 unspecified atom stereocenters. The lowest BCUT2D eigenvalue weighted by Crippen LogP contribution is -2.66. The Morgan fingerprint density at radius 2 is 2.42 bits per heavy atom. The summed E-state index contributed by atoms with van der Waals surface area (Å²) >= 11 is 0. The van der Waals surface area contributed by atoms with Crippen LogP contribution in [-0.2, 0) is 9.47 Å². The zero-order valence-corrected chi connectivity index (χ0v) is 10.9. The second-order valence-corrected chi connectivity index (χ2v) is 5.11. The Balaban J connectivity index is 1.65. The third-order valence-corrected chi connectivity index (χ3v) is 3.95. The van der Waals surface area contributed by atoms with E-state index in [-0.39, 0.29) is 11.5 Å². The number of methoxy groups -OCH3 is 1. The van der Waals surface area contributed by atoms with Crippen LogP contribution in [-0.4, -0.2) is 59.8 Å². The zero-order chi connectivity index (χ0) is 13.3. The van der Waals surface area contributed by atoms with E-state index in [0.717, 1.165) is 13.0 Å². The van der Waals surface area contributed by atoms with Gasteiger partial charge in [-0.25, -0.2) is 4.98 Å². The molecule has 2 aliphatic heterocycles. The molecule has 1 aromatic heterocycles. The minimum absolute atomic E-state index is 0.0783. The minimum Gasteiger partial charge on any atom is -0.384 e. The quantitative estimate of drug-likeness (QED) is 0.787. The van der Waals surface area contributed by atoms with Crippen LogP contribution >= 0.6 is 0 Å². The van der Waals surface area contributed by atoms with Crippen molar-refractivity contribution in [3.8, 4) is 0 Å². The van der Waals surface area contributed by atoms with E-state index in [0.29, 0.717) is 31.3 Å². The average Bonchev–Trinajstić information content (AvgIpc) is 2.81. The lowest BCUT2D eigenvalue weighted by molar-refractivity contribution is -0.126. The highest BCUT2D eigenvalue weighted by Gasteiger charge is 2.54. The van der Waals surface area contributed by atoms with Gasteiger partial charge in [-0.05, 0) is 6.42 Å². The van der Waals surface area contributed by atoms with Gasteiger partial charge < -0.3 is 14.4 Å². The summed E-state index contributed by atoms with van der Waals surface area (Å²) in [6.07, 6.45) is 5.59. The number of hydrogen-bond donors (Lipinski definition) is 0. The van der Waals surface area contributed by atoms with Gasteiger partial charge in [-0.15, -0.1) is 0 Å². The van der Waals surface area contributed by atoms with E-state index in [9.17, 15) is 4.79 Å². The van der Waals surface area contributed by atoms with Gasteiger partial charge in [0.25, 0.3) is 5.91 Å². The first kappa shape index (κ1) is 12.5. The van der Waals surface area contributed by atoms with E-state index in [4.69, 9.17) is 9.47 Å². The molecule has 1 aromatic rings. The van der Waals surface area contributed by atoms with Gasteiger partial charge in [-0.3, -0.25) is 9.78 Å². The molecule has 3 heterocycles. The smallest absolute Gasteiger partial charge is 0.274 e. The number of hydrogen-bond acceptors (Lipinski definition) is 5. The van der Waals surface area contributed by atoms with Crippen LogP contribution in [0.15, 0.2) is 18.6 Å². The van der Waals surface area contributed by atoms with E-state index < -0.39 is 0 Å². The SMILES string of the molecule is COCC1CCOC12CN(C(=O)c1cnccn1)C2. The number of carbonyl (C=O) groups is 1. The molecule has 2 aliphatic rings. The fourth-order valence-corrected chi connectivity index (χ4v) is 2.89. The van der Waals surface area contributed by atoms with E-state index in [1.54, 1.807) is 18.2 Å². The normalized spacial score (nSPS) is 24.5. The molecule has 3 rings (SSSR count). The Hall–Kier alpha value is -1.53. The van der Waals surface area contributed by atoms with Crippen molar-refractivity contribution in [2.45, 2.75) is 12.0 Å². The van der Waals surface area contributed by atoms with Gasteiger partial charge in [0.1, 0.15) is 11.3 Å². The molecule has 0 aromatic carbocycles. The number of rotatable bonds is 3. The molecule has 6 heteroatoms. The molecule has 1 atom stereocenters. The molecule has 19 heavy (non-hydrogen) atoms. The maximum Gasteiger partial charge on any atom is 0.274 e. The summed E-state index contributed by atoms with van der Waals surface area (Å²) in [7, 11) is 1.70. The van der Waals surface area contributed by atoms with Gasteiger partial charge in [-0.1, -0.05) is 0 Å². The zero-order valence-electron chi connectivity index (χ0n) is 10.9. The second-order valence-electron chi connectivity index (χ2n) is 5.11. The molecule has 2 saturated heterocycles. The highest BCUT2D eigenvalue weighted by atomic mass is 16.5. The third-order valence-electron chi connectivity index (χ3n) is 3.95. The van der Waals surface area contributed by atoms with Crippen LogP contribution in [0.1, 0.15) is 16.9 Å². The molecule has 0 bridgehead atoms. The summed E-state index contributed by atoms with van der Waals surface area (Å²) in [5, 5.41) is 0. The van der Waals surface area contributed by atoms with E-state index in [1.165, 1.54) is 12.4 Å². The third kappa shape index (κ3) is 2.11. The maximum atomic E-state index is 12.2. The van der Waals surface area contributed by atoms with Gasteiger partial charge >= 0.3 is 0 Å². The van der Waals surface area contributed by atoms with Gasteiger partial charge in [0.2, 0.25) is 0 Å². The van der Waals surface area contributed by atoms with Crippen LogP contribution in [0.2, 0.25) is 0 Å².